The Hall–Kier alpha value is -1.26. The first-order chi connectivity index (χ1) is 10.2. The molecule has 0 N–H and O–H groups in total. The molecule has 1 aliphatic rings. The number of hydrogen-bond donors (Lipinski definition) is 0. The molecular formula is C16H29NO4. The van der Waals surface area contributed by atoms with Gasteiger partial charge >= 0.3 is 12.1 Å². The largest absolute Gasteiger partial charge is 0.465 e. The van der Waals surface area contributed by atoms with Gasteiger partial charge < -0.3 is 14.4 Å². The number of hydrogen-bond acceptors (Lipinski definition) is 4. The monoisotopic (exact) mass is 299 g/mol. The van der Waals surface area contributed by atoms with Crippen LogP contribution in [0.4, 0.5) is 4.79 Å². The molecule has 1 saturated heterocycles. The molecule has 0 spiro atoms. The molecule has 0 atom stereocenters. The molecule has 0 saturated carbocycles. The number of rotatable bonds is 8. The molecule has 0 aromatic rings. The Balaban J connectivity index is 2.07. The summed E-state index contributed by atoms with van der Waals surface area (Å²) in [7, 11) is 1.38. The van der Waals surface area contributed by atoms with Gasteiger partial charge in [-0.3, -0.25) is 4.79 Å². The summed E-state index contributed by atoms with van der Waals surface area (Å²) in [4.78, 5) is 24.9. The van der Waals surface area contributed by atoms with Gasteiger partial charge in [-0.25, -0.2) is 4.79 Å². The summed E-state index contributed by atoms with van der Waals surface area (Å²) in [6, 6.07) is 0. The molecular weight excluding hydrogens is 270 g/mol. The number of carbonyl (C=O) groups is 2. The third-order valence-electron chi connectivity index (χ3n) is 4.00. The molecule has 5 heteroatoms. The molecule has 1 aliphatic heterocycles. The topological polar surface area (TPSA) is 55.8 Å². The third-order valence-corrected chi connectivity index (χ3v) is 4.00. The van der Waals surface area contributed by atoms with E-state index in [1.54, 1.807) is 4.90 Å². The third kappa shape index (κ3) is 6.82. The normalized spacial score (nSPS) is 15.8. The number of nitrogens with zero attached hydrogens (tertiary/aromatic N) is 1. The van der Waals surface area contributed by atoms with Gasteiger partial charge in [0.1, 0.15) is 0 Å². The fourth-order valence-corrected chi connectivity index (χ4v) is 2.60. The van der Waals surface area contributed by atoms with Crippen molar-refractivity contribution in [1.29, 1.82) is 0 Å². The Morgan fingerprint density at radius 3 is 2.29 bits per heavy atom. The van der Waals surface area contributed by atoms with Crippen molar-refractivity contribution in [2.45, 2.75) is 58.3 Å². The van der Waals surface area contributed by atoms with Crippen LogP contribution in [0.25, 0.3) is 0 Å². The summed E-state index contributed by atoms with van der Waals surface area (Å²) in [5.74, 6) is -0.168. The van der Waals surface area contributed by atoms with Gasteiger partial charge in [0, 0.05) is 13.1 Å². The highest BCUT2D eigenvalue weighted by Gasteiger charge is 2.28. The van der Waals surface area contributed by atoms with Gasteiger partial charge in [-0.15, -0.1) is 0 Å². The van der Waals surface area contributed by atoms with Gasteiger partial charge in [-0.05, 0) is 19.3 Å². The minimum absolute atomic E-state index is 0.0639. The molecule has 0 bridgehead atoms. The summed E-state index contributed by atoms with van der Waals surface area (Å²) in [5.41, 5.74) is 0. The molecule has 1 amide bonds. The Labute approximate surface area is 128 Å². The van der Waals surface area contributed by atoms with E-state index < -0.39 is 0 Å². The molecule has 0 unspecified atom stereocenters. The Morgan fingerprint density at radius 1 is 1.05 bits per heavy atom. The van der Waals surface area contributed by atoms with Crippen molar-refractivity contribution >= 4 is 12.1 Å². The van der Waals surface area contributed by atoms with E-state index in [0.29, 0.717) is 32.5 Å². The number of amides is 1. The zero-order chi connectivity index (χ0) is 15.5. The summed E-state index contributed by atoms with van der Waals surface area (Å²) >= 11 is 0. The predicted molar refractivity (Wildman–Crippen MR) is 81.0 cm³/mol. The number of unbranched alkanes of at least 4 members (excludes halogenated alkanes) is 5. The summed E-state index contributed by atoms with van der Waals surface area (Å²) in [5, 5.41) is 0. The first-order valence-electron chi connectivity index (χ1n) is 8.18. The van der Waals surface area contributed by atoms with Crippen molar-refractivity contribution < 1.29 is 19.1 Å². The first kappa shape index (κ1) is 17.8. The van der Waals surface area contributed by atoms with Crippen LogP contribution in [0.5, 0.6) is 0 Å². The highest BCUT2D eigenvalue weighted by Crippen LogP contribution is 2.19. The van der Waals surface area contributed by atoms with Crippen LogP contribution in [0.15, 0.2) is 0 Å². The van der Waals surface area contributed by atoms with Gasteiger partial charge in [-0.1, -0.05) is 39.0 Å². The quantitative estimate of drug-likeness (QED) is 0.509. The molecule has 1 rings (SSSR count). The molecule has 1 heterocycles. The fraction of sp³-hybridized carbons (Fsp3) is 0.875. The molecule has 0 aromatic carbocycles. The minimum Gasteiger partial charge on any atom is -0.465 e. The molecule has 0 aromatic heterocycles. The van der Waals surface area contributed by atoms with Crippen LogP contribution in [0.2, 0.25) is 0 Å². The van der Waals surface area contributed by atoms with Crippen molar-refractivity contribution in [3.63, 3.8) is 0 Å². The summed E-state index contributed by atoms with van der Waals surface area (Å²) in [6.45, 7) is 3.88. The van der Waals surface area contributed by atoms with Gasteiger partial charge in [0.2, 0.25) is 0 Å². The molecule has 122 valence electrons. The predicted octanol–water partition coefficient (Wildman–Crippen LogP) is 3.37. The van der Waals surface area contributed by atoms with Crippen molar-refractivity contribution in [2.75, 3.05) is 26.8 Å². The van der Waals surface area contributed by atoms with Gasteiger partial charge in [-0.2, -0.15) is 0 Å². The first-order valence-corrected chi connectivity index (χ1v) is 8.18. The second kappa shape index (κ2) is 10.5. The Kier molecular flexibility index (Phi) is 8.87. The number of methoxy groups -OCH3 is 1. The van der Waals surface area contributed by atoms with E-state index in [1.807, 2.05) is 0 Å². The zero-order valence-corrected chi connectivity index (χ0v) is 13.4. The maximum Gasteiger partial charge on any atom is 0.409 e. The van der Waals surface area contributed by atoms with E-state index in [1.165, 1.54) is 32.8 Å². The summed E-state index contributed by atoms with van der Waals surface area (Å²) < 4.78 is 10.0. The van der Waals surface area contributed by atoms with Crippen LogP contribution < -0.4 is 0 Å². The van der Waals surface area contributed by atoms with Crippen LogP contribution in [-0.2, 0) is 14.3 Å². The average Bonchev–Trinajstić information content (AvgIpc) is 2.53. The SMILES string of the molecule is CCCCCCCCOC(=O)C1CCN(C(=O)OC)CC1. The highest BCUT2D eigenvalue weighted by atomic mass is 16.5. The van der Waals surface area contributed by atoms with Crippen molar-refractivity contribution in [1.82, 2.24) is 4.90 Å². The standard InChI is InChI=1S/C16H29NO4/c1-3-4-5-6-7-8-13-21-15(18)14-9-11-17(12-10-14)16(19)20-2/h14H,3-13H2,1-2H3. The lowest BCUT2D eigenvalue weighted by atomic mass is 9.97. The fourth-order valence-electron chi connectivity index (χ4n) is 2.60. The number of esters is 1. The average molecular weight is 299 g/mol. The van der Waals surface area contributed by atoms with Crippen LogP contribution in [-0.4, -0.2) is 43.8 Å². The smallest absolute Gasteiger partial charge is 0.409 e. The number of likely N-dealkylation sites (tertiary alicyclic amines) is 1. The molecule has 0 aliphatic carbocycles. The van der Waals surface area contributed by atoms with Gasteiger partial charge in [0.05, 0.1) is 19.6 Å². The van der Waals surface area contributed by atoms with Crippen LogP contribution in [0.3, 0.4) is 0 Å². The van der Waals surface area contributed by atoms with Crippen LogP contribution in [0.1, 0.15) is 58.3 Å². The lowest BCUT2D eigenvalue weighted by Gasteiger charge is -2.29. The molecule has 1 fully saturated rings. The number of piperidine rings is 1. The Morgan fingerprint density at radius 2 is 1.67 bits per heavy atom. The van der Waals surface area contributed by atoms with E-state index in [2.05, 4.69) is 11.7 Å². The van der Waals surface area contributed by atoms with E-state index >= 15 is 0 Å². The second-order valence-corrected chi connectivity index (χ2v) is 5.67. The highest BCUT2D eigenvalue weighted by molar-refractivity contribution is 5.73. The maximum absolute atomic E-state index is 11.9. The van der Waals surface area contributed by atoms with Crippen molar-refractivity contribution in [3.8, 4) is 0 Å². The molecule has 5 nitrogen and oxygen atoms in total. The lowest BCUT2D eigenvalue weighted by molar-refractivity contribution is -0.150. The minimum atomic E-state index is -0.311. The zero-order valence-electron chi connectivity index (χ0n) is 13.4. The Bertz CT molecular complexity index is 311. The number of carbonyl (C=O) groups excluding carboxylic acids is 2. The molecule has 0 radical (unpaired) electrons. The van der Waals surface area contributed by atoms with E-state index in [-0.39, 0.29) is 18.0 Å². The maximum atomic E-state index is 11.9. The van der Waals surface area contributed by atoms with E-state index in [4.69, 9.17) is 4.74 Å². The van der Waals surface area contributed by atoms with E-state index in [0.717, 1.165) is 12.8 Å². The van der Waals surface area contributed by atoms with Crippen molar-refractivity contribution in [2.24, 2.45) is 5.92 Å². The van der Waals surface area contributed by atoms with Crippen LogP contribution >= 0.6 is 0 Å². The summed E-state index contributed by atoms with van der Waals surface area (Å²) in [6.07, 6.45) is 8.16. The van der Waals surface area contributed by atoms with Gasteiger partial charge in [0.25, 0.3) is 0 Å². The van der Waals surface area contributed by atoms with Crippen LogP contribution in [0, 0.1) is 5.92 Å². The van der Waals surface area contributed by atoms with Gasteiger partial charge in [0.15, 0.2) is 0 Å². The van der Waals surface area contributed by atoms with E-state index in [9.17, 15) is 9.59 Å². The van der Waals surface area contributed by atoms with Crippen molar-refractivity contribution in [3.05, 3.63) is 0 Å². The lowest BCUT2D eigenvalue weighted by Crippen LogP contribution is -2.40. The number of ether oxygens (including phenoxy) is 2. The molecule has 21 heavy (non-hydrogen) atoms. The second-order valence-electron chi connectivity index (χ2n) is 5.67.